The van der Waals surface area contributed by atoms with E-state index in [1.54, 1.807) is 0 Å². The summed E-state index contributed by atoms with van der Waals surface area (Å²) in [4.78, 5) is 9.27. The number of rotatable bonds is 3. The van der Waals surface area contributed by atoms with Crippen LogP contribution in [-0.4, -0.2) is 9.97 Å². The molecule has 0 unspecified atom stereocenters. The number of nitrogen functional groups attached to an aromatic ring is 1. The monoisotopic (exact) mass is 239 g/mol. The van der Waals surface area contributed by atoms with Crippen molar-refractivity contribution in [2.45, 2.75) is 32.1 Å². The van der Waals surface area contributed by atoms with Crippen LogP contribution in [0.15, 0.2) is 30.3 Å². The number of nitrogens with two attached hydrogens (primary N) is 1. The molecular formula is C15H17N3. The van der Waals surface area contributed by atoms with Gasteiger partial charge >= 0.3 is 0 Å². The van der Waals surface area contributed by atoms with Crippen LogP contribution in [0.2, 0.25) is 0 Å². The molecular weight excluding hydrogens is 222 g/mol. The van der Waals surface area contributed by atoms with Crippen molar-refractivity contribution >= 4 is 5.69 Å². The van der Waals surface area contributed by atoms with Crippen molar-refractivity contribution in [3.05, 3.63) is 41.7 Å². The largest absolute Gasteiger partial charge is 0.396 e. The zero-order valence-corrected chi connectivity index (χ0v) is 10.6. The zero-order valence-electron chi connectivity index (χ0n) is 10.6. The van der Waals surface area contributed by atoms with Crippen molar-refractivity contribution in [2.75, 3.05) is 5.73 Å². The number of hydrogen-bond donors (Lipinski definition) is 1. The highest BCUT2D eigenvalue weighted by Gasteiger charge is 2.29. The highest BCUT2D eigenvalue weighted by Crippen LogP contribution is 2.42. The van der Waals surface area contributed by atoms with Crippen LogP contribution in [0.5, 0.6) is 0 Å². The lowest BCUT2D eigenvalue weighted by molar-refractivity contribution is 0.945. The summed E-state index contributed by atoms with van der Waals surface area (Å²) in [6.45, 7) is 2.09. The number of aryl methyl sites for hydroxylation is 1. The molecule has 0 atom stereocenters. The molecule has 0 amide bonds. The molecule has 1 aromatic carbocycles. The topological polar surface area (TPSA) is 51.8 Å². The first-order chi connectivity index (χ1) is 8.79. The minimum absolute atomic E-state index is 0.556. The fourth-order valence-corrected chi connectivity index (χ4v) is 2.19. The molecule has 92 valence electrons. The predicted molar refractivity (Wildman–Crippen MR) is 73.2 cm³/mol. The summed E-state index contributed by atoms with van der Waals surface area (Å²) in [5.41, 5.74) is 10.1. The second-order valence-corrected chi connectivity index (χ2v) is 4.79. The minimum atomic E-state index is 0.556. The lowest BCUT2D eigenvalue weighted by Crippen LogP contribution is -2.06. The Hall–Kier alpha value is -1.90. The van der Waals surface area contributed by atoms with Crippen molar-refractivity contribution < 1.29 is 0 Å². The summed E-state index contributed by atoms with van der Waals surface area (Å²) in [5, 5.41) is 0. The van der Waals surface area contributed by atoms with Crippen molar-refractivity contribution in [3.63, 3.8) is 0 Å². The van der Waals surface area contributed by atoms with E-state index in [2.05, 4.69) is 16.9 Å². The van der Waals surface area contributed by atoms with Crippen molar-refractivity contribution in [2.24, 2.45) is 0 Å². The molecule has 3 nitrogen and oxygen atoms in total. The van der Waals surface area contributed by atoms with E-state index in [-0.39, 0.29) is 0 Å². The standard InChI is InChI=1S/C15H17N3/c1-2-12-13(16)14(10-8-9-10)18-15(17-12)11-6-4-3-5-7-11/h3-7,10H,2,8-9,16H2,1H3. The molecule has 0 bridgehead atoms. The third-order valence-electron chi connectivity index (χ3n) is 3.38. The molecule has 0 spiro atoms. The van der Waals surface area contributed by atoms with E-state index < -0.39 is 0 Å². The van der Waals surface area contributed by atoms with Gasteiger partial charge in [-0.3, -0.25) is 0 Å². The van der Waals surface area contributed by atoms with Crippen LogP contribution >= 0.6 is 0 Å². The summed E-state index contributed by atoms with van der Waals surface area (Å²) >= 11 is 0. The first-order valence-corrected chi connectivity index (χ1v) is 6.51. The van der Waals surface area contributed by atoms with Gasteiger partial charge in [-0.2, -0.15) is 0 Å². The van der Waals surface area contributed by atoms with Crippen LogP contribution in [0.1, 0.15) is 37.1 Å². The van der Waals surface area contributed by atoms with Crippen LogP contribution in [0.3, 0.4) is 0 Å². The van der Waals surface area contributed by atoms with Gasteiger partial charge in [-0.05, 0) is 19.3 Å². The summed E-state index contributed by atoms with van der Waals surface area (Å²) < 4.78 is 0. The van der Waals surface area contributed by atoms with E-state index in [1.807, 2.05) is 30.3 Å². The maximum absolute atomic E-state index is 6.16. The highest BCUT2D eigenvalue weighted by atomic mass is 14.9. The number of nitrogens with zero attached hydrogens (tertiary/aromatic N) is 2. The molecule has 0 aliphatic heterocycles. The Morgan fingerprint density at radius 2 is 1.89 bits per heavy atom. The van der Waals surface area contributed by atoms with E-state index in [0.29, 0.717) is 5.92 Å². The van der Waals surface area contributed by atoms with Gasteiger partial charge in [-0.15, -0.1) is 0 Å². The number of anilines is 1. The smallest absolute Gasteiger partial charge is 0.159 e. The molecule has 0 radical (unpaired) electrons. The molecule has 2 N–H and O–H groups in total. The molecule has 0 saturated heterocycles. The van der Waals surface area contributed by atoms with Crippen molar-refractivity contribution in [1.29, 1.82) is 0 Å². The number of aromatic nitrogens is 2. The summed E-state index contributed by atoms with van der Waals surface area (Å²) in [6.07, 6.45) is 3.27. The maximum Gasteiger partial charge on any atom is 0.159 e. The van der Waals surface area contributed by atoms with Crippen LogP contribution in [0.4, 0.5) is 5.69 Å². The fraction of sp³-hybridized carbons (Fsp3) is 0.333. The Balaban J connectivity index is 2.13. The molecule has 1 aliphatic rings. The minimum Gasteiger partial charge on any atom is -0.396 e. The molecule has 2 aromatic rings. The van der Waals surface area contributed by atoms with Gasteiger partial charge in [0.15, 0.2) is 5.82 Å². The molecule has 1 fully saturated rings. The second kappa shape index (κ2) is 4.41. The molecule has 1 saturated carbocycles. The van der Waals surface area contributed by atoms with Gasteiger partial charge in [0, 0.05) is 11.5 Å². The van der Waals surface area contributed by atoms with Crippen LogP contribution in [0.25, 0.3) is 11.4 Å². The zero-order chi connectivity index (χ0) is 12.5. The Kier molecular flexibility index (Phi) is 2.74. The molecule has 18 heavy (non-hydrogen) atoms. The average Bonchev–Trinajstić information content (AvgIpc) is 3.24. The molecule has 1 aromatic heterocycles. The Bertz CT molecular complexity index is 559. The second-order valence-electron chi connectivity index (χ2n) is 4.79. The van der Waals surface area contributed by atoms with Crippen molar-refractivity contribution in [3.8, 4) is 11.4 Å². The van der Waals surface area contributed by atoms with E-state index >= 15 is 0 Å². The predicted octanol–water partition coefficient (Wildman–Crippen LogP) is 3.17. The lowest BCUT2D eigenvalue weighted by atomic mass is 10.1. The molecule has 1 heterocycles. The van der Waals surface area contributed by atoms with Gasteiger partial charge in [0.05, 0.1) is 17.1 Å². The van der Waals surface area contributed by atoms with Crippen LogP contribution in [0, 0.1) is 0 Å². The van der Waals surface area contributed by atoms with E-state index in [0.717, 1.165) is 34.9 Å². The Morgan fingerprint density at radius 3 is 2.50 bits per heavy atom. The summed E-state index contributed by atoms with van der Waals surface area (Å²) in [6, 6.07) is 10.1. The van der Waals surface area contributed by atoms with Gasteiger partial charge < -0.3 is 5.73 Å². The van der Waals surface area contributed by atoms with Gasteiger partial charge in [0.25, 0.3) is 0 Å². The SMILES string of the molecule is CCc1nc(-c2ccccc2)nc(C2CC2)c1N. The van der Waals surface area contributed by atoms with Gasteiger partial charge in [0.1, 0.15) is 0 Å². The first-order valence-electron chi connectivity index (χ1n) is 6.51. The highest BCUT2D eigenvalue weighted by molar-refractivity contribution is 5.60. The van der Waals surface area contributed by atoms with Gasteiger partial charge in [0.2, 0.25) is 0 Å². The van der Waals surface area contributed by atoms with Crippen molar-refractivity contribution in [1.82, 2.24) is 9.97 Å². The molecule has 3 heteroatoms. The third-order valence-corrected chi connectivity index (χ3v) is 3.38. The fourth-order valence-electron chi connectivity index (χ4n) is 2.19. The maximum atomic E-state index is 6.16. The number of benzene rings is 1. The van der Waals surface area contributed by atoms with E-state index in [9.17, 15) is 0 Å². The Morgan fingerprint density at radius 1 is 1.17 bits per heavy atom. The summed E-state index contributed by atoms with van der Waals surface area (Å²) in [7, 11) is 0. The Labute approximate surface area is 107 Å². The van der Waals surface area contributed by atoms with E-state index in [1.165, 1.54) is 12.8 Å². The molecule has 1 aliphatic carbocycles. The van der Waals surface area contributed by atoms with Crippen LogP contribution < -0.4 is 5.73 Å². The van der Waals surface area contributed by atoms with Crippen LogP contribution in [-0.2, 0) is 6.42 Å². The molecule has 3 rings (SSSR count). The average molecular weight is 239 g/mol. The van der Waals surface area contributed by atoms with Gasteiger partial charge in [-0.25, -0.2) is 9.97 Å². The quantitative estimate of drug-likeness (QED) is 0.895. The lowest BCUT2D eigenvalue weighted by Gasteiger charge is -2.10. The first kappa shape index (κ1) is 11.2. The van der Waals surface area contributed by atoms with E-state index in [4.69, 9.17) is 5.73 Å². The third kappa shape index (κ3) is 1.96. The number of hydrogen-bond acceptors (Lipinski definition) is 3. The summed E-state index contributed by atoms with van der Waals surface area (Å²) in [5.74, 6) is 1.37. The normalized spacial score (nSPS) is 14.7. The van der Waals surface area contributed by atoms with Gasteiger partial charge in [-0.1, -0.05) is 37.3 Å².